The lowest BCUT2D eigenvalue weighted by Crippen LogP contribution is -2.20. The van der Waals surface area contributed by atoms with Crippen LogP contribution in [-0.4, -0.2) is 27.1 Å². The van der Waals surface area contributed by atoms with Crippen LogP contribution >= 0.6 is 22.9 Å². The molecule has 2 heterocycles. The summed E-state index contributed by atoms with van der Waals surface area (Å²) in [6, 6.07) is 4.70. The third-order valence-electron chi connectivity index (χ3n) is 2.61. The normalized spacial score (nSPS) is 12.5. The number of nitrogens with zero attached hydrogens (tertiary/aromatic N) is 3. The third kappa shape index (κ3) is 5.13. The molecular weight excluding hydrogens is 308 g/mol. The van der Waals surface area contributed by atoms with Crippen LogP contribution in [0.4, 0.5) is 5.95 Å². The molecule has 21 heavy (non-hydrogen) atoms. The maximum atomic E-state index is 5.90. The summed E-state index contributed by atoms with van der Waals surface area (Å²) >= 11 is 7.70. The van der Waals surface area contributed by atoms with Gasteiger partial charge in [-0.25, -0.2) is 0 Å². The van der Waals surface area contributed by atoms with Crippen molar-refractivity contribution in [1.29, 1.82) is 0 Å². The number of hydrogen-bond donors (Lipinski definition) is 1. The molecule has 1 N–H and O–H groups in total. The smallest absolute Gasteiger partial charge is 0.322 e. The van der Waals surface area contributed by atoms with E-state index in [0.717, 1.165) is 6.42 Å². The summed E-state index contributed by atoms with van der Waals surface area (Å²) in [5, 5.41) is 3.36. The number of thiophene rings is 1. The Morgan fingerprint density at radius 1 is 1.24 bits per heavy atom. The van der Waals surface area contributed by atoms with E-state index < -0.39 is 0 Å². The number of ether oxygens (including phenoxy) is 1. The lowest BCUT2D eigenvalue weighted by Gasteiger charge is -2.14. The summed E-state index contributed by atoms with van der Waals surface area (Å²) in [6.07, 6.45) is 0.894. The SMILES string of the molecule is Cc1ccc(CC(C)Nc2nc(Cl)nc(OC(C)C)n2)s1. The topological polar surface area (TPSA) is 59.9 Å². The molecule has 0 bridgehead atoms. The second-order valence-corrected chi connectivity index (χ2v) is 6.85. The molecule has 0 spiro atoms. The summed E-state index contributed by atoms with van der Waals surface area (Å²) in [6.45, 7) is 8.00. The molecule has 0 saturated carbocycles. The van der Waals surface area contributed by atoms with Crippen LogP contribution in [0.15, 0.2) is 12.1 Å². The number of hydrogen-bond acceptors (Lipinski definition) is 6. The van der Waals surface area contributed by atoms with Crippen molar-refractivity contribution in [2.75, 3.05) is 5.32 Å². The standard InChI is InChI=1S/C14H19ClN4OS/c1-8(2)20-14-18-12(15)17-13(19-14)16-9(3)7-11-6-5-10(4)21-11/h5-6,8-9H,7H2,1-4H3,(H,16,17,18,19). The quantitative estimate of drug-likeness (QED) is 0.876. The Morgan fingerprint density at radius 3 is 2.62 bits per heavy atom. The molecule has 0 amide bonds. The zero-order valence-electron chi connectivity index (χ0n) is 12.6. The zero-order valence-corrected chi connectivity index (χ0v) is 14.1. The molecule has 114 valence electrons. The molecule has 2 aromatic heterocycles. The first-order valence-electron chi connectivity index (χ1n) is 6.82. The van der Waals surface area contributed by atoms with Crippen molar-refractivity contribution in [1.82, 2.24) is 15.0 Å². The highest BCUT2D eigenvalue weighted by molar-refractivity contribution is 7.11. The molecular formula is C14H19ClN4OS. The van der Waals surface area contributed by atoms with Gasteiger partial charge in [0.15, 0.2) is 0 Å². The summed E-state index contributed by atoms with van der Waals surface area (Å²) in [7, 11) is 0. The summed E-state index contributed by atoms with van der Waals surface area (Å²) in [5.74, 6) is 0.437. The Hall–Kier alpha value is -1.40. The number of halogens is 1. The molecule has 0 aliphatic heterocycles. The van der Waals surface area contributed by atoms with E-state index in [9.17, 15) is 0 Å². The highest BCUT2D eigenvalue weighted by atomic mass is 35.5. The van der Waals surface area contributed by atoms with E-state index in [0.29, 0.717) is 5.95 Å². The van der Waals surface area contributed by atoms with Crippen molar-refractivity contribution in [2.45, 2.75) is 46.3 Å². The maximum absolute atomic E-state index is 5.90. The van der Waals surface area contributed by atoms with E-state index in [1.54, 1.807) is 11.3 Å². The number of nitrogens with one attached hydrogen (secondary N) is 1. The highest BCUT2D eigenvalue weighted by Crippen LogP contribution is 2.18. The van der Waals surface area contributed by atoms with E-state index in [1.165, 1.54) is 9.75 Å². The van der Waals surface area contributed by atoms with Crippen LogP contribution in [0, 0.1) is 6.92 Å². The number of aromatic nitrogens is 3. The van der Waals surface area contributed by atoms with Gasteiger partial charge in [0.05, 0.1) is 6.10 Å². The minimum Gasteiger partial charge on any atom is -0.461 e. The predicted molar refractivity (Wildman–Crippen MR) is 86.4 cm³/mol. The average molecular weight is 327 g/mol. The van der Waals surface area contributed by atoms with Crippen molar-refractivity contribution in [3.05, 3.63) is 27.2 Å². The zero-order chi connectivity index (χ0) is 15.4. The van der Waals surface area contributed by atoms with Gasteiger partial charge in [-0.2, -0.15) is 15.0 Å². The predicted octanol–water partition coefficient (Wildman–Crippen LogP) is 3.73. The molecule has 1 atom stereocenters. The second kappa shape index (κ2) is 7.04. The van der Waals surface area contributed by atoms with Crippen LogP contribution in [0.3, 0.4) is 0 Å². The van der Waals surface area contributed by atoms with Crippen molar-refractivity contribution < 1.29 is 4.74 Å². The molecule has 0 radical (unpaired) electrons. The first-order valence-corrected chi connectivity index (χ1v) is 8.02. The van der Waals surface area contributed by atoms with Gasteiger partial charge in [0.1, 0.15) is 0 Å². The van der Waals surface area contributed by atoms with E-state index in [-0.39, 0.29) is 23.4 Å². The molecule has 2 aromatic rings. The van der Waals surface area contributed by atoms with Gasteiger partial charge in [0.25, 0.3) is 0 Å². The fraction of sp³-hybridized carbons (Fsp3) is 0.500. The van der Waals surface area contributed by atoms with Gasteiger partial charge in [0.2, 0.25) is 11.2 Å². The van der Waals surface area contributed by atoms with Crippen LogP contribution in [0.1, 0.15) is 30.5 Å². The van der Waals surface area contributed by atoms with Gasteiger partial charge in [0, 0.05) is 22.2 Å². The minimum atomic E-state index is -0.0113. The molecule has 0 aliphatic carbocycles. The van der Waals surface area contributed by atoms with Crippen LogP contribution < -0.4 is 10.1 Å². The lowest BCUT2D eigenvalue weighted by molar-refractivity contribution is 0.222. The van der Waals surface area contributed by atoms with Crippen LogP contribution in [0.25, 0.3) is 0 Å². The molecule has 1 unspecified atom stereocenters. The Kier molecular flexibility index (Phi) is 5.36. The highest BCUT2D eigenvalue weighted by Gasteiger charge is 2.11. The fourth-order valence-corrected chi connectivity index (χ4v) is 3.00. The maximum Gasteiger partial charge on any atom is 0.322 e. The van der Waals surface area contributed by atoms with Gasteiger partial charge in [-0.05, 0) is 51.4 Å². The molecule has 0 saturated heterocycles. The minimum absolute atomic E-state index is 0.0113. The van der Waals surface area contributed by atoms with Gasteiger partial charge >= 0.3 is 6.01 Å². The Balaban J connectivity index is 2.02. The van der Waals surface area contributed by atoms with Crippen molar-refractivity contribution in [3.8, 4) is 6.01 Å². The van der Waals surface area contributed by atoms with Gasteiger partial charge in [-0.3, -0.25) is 0 Å². The number of rotatable bonds is 6. The number of aryl methyl sites for hydroxylation is 1. The van der Waals surface area contributed by atoms with E-state index in [2.05, 4.69) is 46.2 Å². The van der Waals surface area contributed by atoms with Crippen molar-refractivity contribution in [2.24, 2.45) is 0 Å². The molecule has 5 nitrogen and oxygen atoms in total. The molecule has 0 fully saturated rings. The van der Waals surface area contributed by atoms with Crippen molar-refractivity contribution >= 4 is 28.9 Å². The molecule has 7 heteroatoms. The average Bonchev–Trinajstić information content (AvgIpc) is 2.72. The van der Waals surface area contributed by atoms with Gasteiger partial charge < -0.3 is 10.1 Å². The van der Waals surface area contributed by atoms with Crippen LogP contribution in [0.2, 0.25) is 5.28 Å². The third-order valence-corrected chi connectivity index (χ3v) is 3.80. The van der Waals surface area contributed by atoms with Gasteiger partial charge in [-0.1, -0.05) is 0 Å². The van der Waals surface area contributed by atoms with Gasteiger partial charge in [-0.15, -0.1) is 11.3 Å². The molecule has 0 aromatic carbocycles. The van der Waals surface area contributed by atoms with Crippen LogP contribution in [-0.2, 0) is 6.42 Å². The van der Waals surface area contributed by atoms with E-state index in [1.807, 2.05) is 13.8 Å². The first-order chi connectivity index (χ1) is 9.92. The molecule has 2 rings (SSSR count). The first kappa shape index (κ1) is 16.0. The van der Waals surface area contributed by atoms with Crippen molar-refractivity contribution in [3.63, 3.8) is 0 Å². The summed E-state index contributed by atoms with van der Waals surface area (Å²) in [5.41, 5.74) is 0. The molecule has 0 aliphatic rings. The van der Waals surface area contributed by atoms with E-state index in [4.69, 9.17) is 16.3 Å². The largest absolute Gasteiger partial charge is 0.461 e. The number of anilines is 1. The lowest BCUT2D eigenvalue weighted by atomic mass is 10.2. The fourth-order valence-electron chi connectivity index (χ4n) is 1.83. The summed E-state index contributed by atoms with van der Waals surface area (Å²) < 4.78 is 5.45. The van der Waals surface area contributed by atoms with Crippen LogP contribution in [0.5, 0.6) is 6.01 Å². The monoisotopic (exact) mass is 326 g/mol. The Bertz CT molecular complexity index is 602. The summed E-state index contributed by atoms with van der Waals surface area (Å²) in [4.78, 5) is 14.9. The second-order valence-electron chi connectivity index (χ2n) is 5.14. The Labute approximate surface area is 133 Å². The van der Waals surface area contributed by atoms with E-state index >= 15 is 0 Å². The Morgan fingerprint density at radius 2 is 2.00 bits per heavy atom.